The van der Waals surface area contributed by atoms with Gasteiger partial charge in [-0.25, -0.2) is 19.1 Å². The van der Waals surface area contributed by atoms with E-state index in [1.165, 1.54) is 4.57 Å². The molecule has 0 spiro atoms. The minimum atomic E-state index is -0.689. The molecule has 0 saturated heterocycles. The van der Waals surface area contributed by atoms with E-state index in [2.05, 4.69) is 4.98 Å². The van der Waals surface area contributed by atoms with Gasteiger partial charge in [0.15, 0.2) is 0 Å². The number of imide groups is 1. The van der Waals surface area contributed by atoms with Gasteiger partial charge in [-0.1, -0.05) is 36.8 Å². The standard InChI is InChI=1S/C20H20N4O3/c1-3-12-27-20(26)24-19(25)23-17-7-5-4-6-16(17)21-18(23)13-22(24)15-10-8-14(2)9-11-15/h4-11H,3,12-13H2,1-2H3. The highest BCUT2D eigenvalue weighted by molar-refractivity contribution is 6.00. The molecule has 2 heterocycles. The van der Waals surface area contributed by atoms with Crippen molar-refractivity contribution in [2.75, 3.05) is 11.6 Å². The van der Waals surface area contributed by atoms with Gasteiger partial charge >= 0.3 is 12.1 Å². The summed E-state index contributed by atoms with van der Waals surface area (Å²) in [6.45, 7) is 4.43. The number of imidazole rings is 1. The van der Waals surface area contributed by atoms with Gasteiger partial charge in [0.1, 0.15) is 5.82 Å². The Morgan fingerprint density at radius 1 is 1.15 bits per heavy atom. The first-order valence-corrected chi connectivity index (χ1v) is 8.92. The number of hydrogen-bond donors (Lipinski definition) is 0. The minimum absolute atomic E-state index is 0.252. The van der Waals surface area contributed by atoms with Crippen LogP contribution in [0.25, 0.3) is 11.0 Å². The van der Waals surface area contributed by atoms with Gasteiger partial charge in [-0.3, -0.25) is 5.01 Å². The Morgan fingerprint density at radius 3 is 2.63 bits per heavy atom. The van der Waals surface area contributed by atoms with E-state index >= 15 is 0 Å². The number of nitrogens with zero attached hydrogens (tertiary/aromatic N) is 4. The number of aromatic nitrogens is 2. The SMILES string of the molecule is CCCOC(=O)N1C(=O)n2c(nc3ccccc32)CN1c1ccc(C)cc1. The first-order valence-electron chi connectivity index (χ1n) is 8.92. The summed E-state index contributed by atoms with van der Waals surface area (Å²) < 4.78 is 6.75. The van der Waals surface area contributed by atoms with E-state index in [1.54, 1.807) is 5.01 Å². The number of rotatable bonds is 3. The molecule has 1 aliphatic rings. The van der Waals surface area contributed by atoms with E-state index in [-0.39, 0.29) is 13.2 Å². The number of para-hydroxylation sites is 2. The zero-order valence-corrected chi connectivity index (χ0v) is 15.3. The molecule has 0 atom stereocenters. The van der Waals surface area contributed by atoms with Crippen LogP contribution in [0.15, 0.2) is 48.5 Å². The molecule has 0 aliphatic carbocycles. The fraction of sp³-hybridized carbons (Fsp3) is 0.250. The second kappa shape index (κ2) is 6.75. The number of hydrazine groups is 1. The van der Waals surface area contributed by atoms with Crippen molar-refractivity contribution in [3.05, 3.63) is 59.9 Å². The van der Waals surface area contributed by atoms with Crippen LogP contribution in [0.5, 0.6) is 0 Å². The average Bonchev–Trinajstić information content (AvgIpc) is 3.05. The second-order valence-corrected chi connectivity index (χ2v) is 6.45. The van der Waals surface area contributed by atoms with Crippen LogP contribution in [0.2, 0.25) is 0 Å². The first kappa shape index (κ1) is 17.1. The Balaban J connectivity index is 1.82. The smallest absolute Gasteiger partial charge is 0.437 e. The van der Waals surface area contributed by atoms with Crippen molar-refractivity contribution in [1.82, 2.24) is 14.6 Å². The van der Waals surface area contributed by atoms with Crippen molar-refractivity contribution in [2.45, 2.75) is 26.8 Å². The Labute approximate surface area is 156 Å². The molecule has 27 heavy (non-hydrogen) atoms. The number of carbonyl (C=O) groups is 2. The van der Waals surface area contributed by atoms with Gasteiger partial charge in [0.25, 0.3) is 0 Å². The molecule has 7 heteroatoms. The fourth-order valence-electron chi connectivity index (χ4n) is 3.15. The summed E-state index contributed by atoms with van der Waals surface area (Å²) in [5.74, 6) is 0.585. The van der Waals surface area contributed by atoms with Crippen molar-refractivity contribution in [1.29, 1.82) is 0 Å². The summed E-state index contributed by atoms with van der Waals surface area (Å²) in [5, 5.41) is 2.67. The van der Waals surface area contributed by atoms with Crippen molar-refractivity contribution < 1.29 is 14.3 Å². The van der Waals surface area contributed by atoms with Crippen molar-refractivity contribution in [2.24, 2.45) is 0 Å². The second-order valence-electron chi connectivity index (χ2n) is 6.45. The number of hydrogen-bond acceptors (Lipinski definition) is 5. The molecule has 0 N–H and O–H groups in total. The van der Waals surface area contributed by atoms with Crippen LogP contribution in [0.3, 0.4) is 0 Å². The predicted molar refractivity (Wildman–Crippen MR) is 101 cm³/mol. The van der Waals surface area contributed by atoms with E-state index < -0.39 is 12.1 Å². The molecule has 7 nitrogen and oxygen atoms in total. The summed E-state index contributed by atoms with van der Waals surface area (Å²) in [6.07, 6.45) is -0.0109. The highest BCUT2D eigenvalue weighted by atomic mass is 16.6. The van der Waals surface area contributed by atoms with Gasteiger partial charge in [-0.05, 0) is 37.6 Å². The molecule has 2 aromatic carbocycles. The van der Waals surface area contributed by atoms with Crippen molar-refractivity contribution >= 4 is 28.8 Å². The van der Waals surface area contributed by atoms with Gasteiger partial charge in [0, 0.05) is 0 Å². The lowest BCUT2D eigenvalue weighted by atomic mass is 10.2. The first-order chi connectivity index (χ1) is 13.1. The Kier molecular flexibility index (Phi) is 4.27. The molecule has 0 fully saturated rings. The highest BCUT2D eigenvalue weighted by Gasteiger charge is 2.38. The highest BCUT2D eigenvalue weighted by Crippen LogP contribution is 2.28. The normalized spacial score (nSPS) is 13.8. The van der Waals surface area contributed by atoms with E-state index in [9.17, 15) is 9.59 Å². The van der Waals surface area contributed by atoms with Crippen LogP contribution >= 0.6 is 0 Å². The van der Waals surface area contributed by atoms with Crippen LogP contribution < -0.4 is 5.01 Å². The molecule has 0 radical (unpaired) electrons. The number of ether oxygens (including phenoxy) is 1. The quantitative estimate of drug-likeness (QED) is 0.700. The fourth-order valence-corrected chi connectivity index (χ4v) is 3.15. The molecule has 3 aromatic rings. The number of anilines is 1. The predicted octanol–water partition coefficient (Wildman–Crippen LogP) is 4.10. The van der Waals surface area contributed by atoms with E-state index in [1.807, 2.05) is 62.4 Å². The zero-order valence-electron chi connectivity index (χ0n) is 15.3. The van der Waals surface area contributed by atoms with Gasteiger partial charge in [0.2, 0.25) is 0 Å². The lowest BCUT2D eigenvalue weighted by Gasteiger charge is -2.37. The summed E-state index contributed by atoms with van der Waals surface area (Å²) >= 11 is 0. The molecule has 4 rings (SSSR count). The molecule has 0 bridgehead atoms. The molecular weight excluding hydrogens is 344 g/mol. The summed E-state index contributed by atoms with van der Waals surface area (Å²) in [5.41, 5.74) is 3.21. The van der Waals surface area contributed by atoms with E-state index in [0.29, 0.717) is 23.3 Å². The summed E-state index contributed by atoms with van der Waals surface area (Å²) in [6, 6.07) is 14.5. The maximum absolute atomic E-state index is 13.3. The Hall–Kier alpha value is -3.35. The van der Waals surface area contributed by atoms with Crippen molar-refractivity contribution in [3.63, 3.8) is 0 Å². The zero-order chi connectivity index (χ0) is 19.0. The number of carbonyl (C=O) groups excluding carboxylic acids is 2. The van der Waals surface area contributed by atoms with Crippen LogP contribution in [0.1, 0.15) is 24.7 Å². The molecule has 1 aliphatic heterocycles. The summed E-state index contributed by atoms with van der Waals surface area (Å²) in [7, 11) is 0. The lowest BCUT2D eigenvalue weighted by molar-refractivity contribution is 0.102. The maximum atomic E-state index is 13.3. The van der Waals surface area contributed by atoms with Crippen LogP contribution in [0, 0.1) is 6.92 Å². The topological polar surface area (TPSA) is 67.7 Å². The lowest BCUT2D eigenvalue weighted by Crippen LogP contribution is -2.55. The Morgan fingerprint density at radius 2 is 1.89 bits per heavy atom. The number of aryl methyl sites for hydroxylation is 1. The molecule has 2 amide bonds. The van der Waals surface area contributed by atoms with Crippen molar-refractivity contribution in [3.8, 4) is 0 Å². The largest absolute Gasteiger partial charge is 0.448 e. The van der Waals surface area contributed by atoms with Crippen LogP contribution in [0.4, 0.5) is 15.3 Å². The average molecular weight is 364 g/mol. The third kappa shape index (κ3) is 2.91. The minimum Gasteiger partial charge on any atom is -0.448 e. The van der Waals surface area contributed by atoms with Gasteiger partial charge in [-0.2, -0.15) is 0 Å². The molecule has 138 valence electrons. The monoisotopic (exact) mass is 364 g/mol. The number of fused-ring (bicyclic) bond motifs is 3. The molecule has 1 aromatic heterocycles. The molecule has 0 saturated carbocycles. The molecular formula is C20H20N4O3. The van der Waals surface area contributed by atoms with Crippen LogP contribution in [-0.4, -0.2) is 33.3 Å². The van der Waals surface area contributed by atoms with Crippen LogP contribution in [-0.2, 0) is 11.3 Å². The third-order valence-corrected chi connectivity index (χ3v) is 4.47. The molecule has 0 unspecified atom stereocenters. The third-order valence-electron chi connectivity index (χ3n) is 4.47. The van der Waals surface area contributed by atoms with E-state index in [0.717, 1.165) is 16.3 Å². The van der Waals surface area contributed by atoms with E-state index in [4.69, 9.17) is 4.74 Å². The Bertz CT molecular complexity index is 1010. The van der Waals surface area contributed by atoms with Gasteiger partial charge in [0.05, 0.1) is 29.9 Å². The summed E-state index contributed by atoms with van der Waals surface area (Å²) in [4.78, 5) is 30.5. The van der Waals surface area contributed by atoms with Gasteiger partial charge in [-0.15, -0.1) is 5.01 Å². The maximum Gasteiger partial charge on any atom is 0.437 e. The number of benzene rings is 2. The number of amides is 2. The van der Waals surface area contributed by atoms with Gasteiger partial charge < -0.3 is 4.74 Å².